The minimum Gasteiger partial charge on any atom is -0.384 e. The molecule has 6 heteroatoms. The number of anilines is 1. The first-order valence-corrected chi connectivity index (χ1v) is 7.78. The van der Waals surface area contributed by atoms with Gasteiger partial charge >= 0.3 is 0 Å². The van der Waals surface area contributed by atoms with Crippen LogP contribution in [0.25, 0.3) is 22.3 Å². The van der Waals surface area contributed by atoms with E-state index in [1.54, 1.807) is 6.07 Å². The summed E-state index contributed by atoms with van der Waals surface area (Å²) < 4.78 is 27.5. The maximum absolute atomic E-state index is 13.9. The number of benzene rings is 2. The van der Waals surface area contributed by atoms with Crippen LogP contribution in [0.5, 0.6) is 0 Å². The van der Waals surface area contributed by atoms with Crippen molar-refractivity contribution in [2.45, 2.75) is 0 Å². The second kappa shape index (κ2) is 6.30. The van der Waals surface area contributed by atoms with Gasteiger partial charge in [-0.15, -0.1) is 0 Å². The molecule has 4 rings (SSSR count). The van der Waals surface area contributed by atoms with E-state index in [4.69, 9.17) is 5.73 Å². The number of aromatic nitrogens is 3. The van der Waals surface area contributed by atoms with Crippen LogP contribution in [0.3, 0.4) is 0 Å². The molecule has 26 heavy (non-hydrogen) atoms. The third-order valence-electron chi connectivity index (χ3n) is 3.80. The smallest absolute Gasteiger partial charge is 0.165 e. The normalized spacial score (nSPS) is 10.5. The van der Waals surface area contributed by atoms with Crippen LogP contribution in [0.4, 0.5) is 14.6 Å². The number of rotatable bonds is 1. The molecule has 0 radical (unpaired) electrons. The minimum absolute atomic E-state index is 0.185. The van der Waals surface area contributed by atoms with Gasteiger partial charge < -0.3 is 10.7 Å². The molecule has 2 aromatic carbocycles. The van der Waals surface area contributed by atoms with Crippen molar-refractivity contribution >= 4 is 16.7 Å². The fourth-order valence-corrected chi connectivity index (χ4v) is 2.65. The Morgan fingerprint density at radius 2 is 1.77 bits per heavy atom. The number of halogens is 2. The molecule has 4 nitrogen and oxygen atoms in total. The predicted molar refractivity (Wildman–Crippen MR) is 96.1 cm³/mol. The van der Waals surface area contributed by atoms with Crippen molar-refractivity contribution in [3.05, 3.63) is 77.6 Å². The molecule has 0 unspecified atom stereocenters. The van der Waals surface area contributed by atoms with Crippen molar-refractivity contribution in [2.75, 3.05) is 5.73 Å². The maximum atomic E-state index is 13.9. The Balaban J connectivity index is 1.82. The summed E-state index contributed by atoms with van der Waals surface area (Å²) >= 11 is 0. The highest BCUT2D eigenvalue weighted by molar-refractivity contribution is 5.94. The summed E-state index contributed by atoms with van der Waals surface area (Å²) in [7, 11) is 0. The maximum Gasteiger partial charge on any atom is 0.165 e. The van der Waals surface area contributed by atoms with Gasteiger partial charge in [0.15, 0.2) is 5.82 Å². The molecular weight excluding hydrogens is 334 g/mol. The molecule has 0 spiro atoms. The van der Waals surface area contributed by atoms with Gasteiger partial charge in [0, 0.05) is 34.8 Å². The molecule has 0 bridgehead atoms. The number of nitrogens with zero attached hydrogens (tertiary/aromatic N) is 2. The zero-order chi connectivity index (χ0) is 18.1. The van der Waals surface area contributed by atoms with Gasteiger partial charge in [0.1, 0.15) is 23.1 Å². The Bertz CT molecular complexity index is 1170. The summed E-state index contributed by atoms with van der Waals surface area (Å²) in [6, 6.07) is 13.0. The summed E-state index contributed by atoms with van der Waals surface area (Å²) in [5, 5.41) is 0.343. The average Bonchev–Trinajstić information content (AvgIpc) is 3.04. The predicted octanol–water partition coefficient (Wildman–Crippen LogP) is 3.89. The van der Waals surface area contributed by atoms with Crippen LogP contribution >= 0.6 is 0 Å². The van der Waals surface area contributed by atoms with Crippen LogP contribution in [-0.2, 0) is 0 Å². The van der Waals surface area contributed by atoms with Crippen molar-refractivity contribution in [3.8, 4) is 23.2 Å². The van der Waals surface area contributed by atoms with Crippen LogP contribution in [-0.4, -0.2) is 15.0 Å². The van der Waals surface area contributed by atoms with E-state index in [1.807, 2.05) is 30.3 Å². The highest BCUT2D eigenvalue weighted by Crippen LogP contribution is 2.29. The SMILES string of the molecule is Nc1cc(C#Cc2ccccc2)nc(-c2c[nH]c3c(F)cc(F)cc23)n1. The average molecular weight is 346 g/mol. The molecule has 0 aliphatic carbocycles. The van der Waals surface area contributed by atoms with Gasteiger partial charge in [-0.3, -0.25) is 0 Å². The number of aromatic amines is 1. The lowest BCUT2D eigenvalue weighted by Crippen LogP contribution is -1.98. The molecule has 2 aromatic heterocycles. The Morgan fingerprint density at radius 1 is 0.962 bits per heavy atom. The monoisotopic (exact) mass is 346 g/mol. The lowest BCUT2D eigenvalue weighted by atomic mass is 10.1. The molecule has 0 atom stereocenters. The summed E-state index contributed by atoms with van der Waals surface area (Å²) in [5.41, 5.74) is 7.75. The van der Waals surface area contributed by atoms with E-state index >= 15 is 0 Å². The van der Waals surface area contributed by atoms with Crippen molar-refractivity contribution in [1.82, 2.24) is 15.0 Å². The van der Waals surface area contributed by atoms with Gasteiger partial charge in [0.05, 0.1) is 5.52 Å². The van der Waals surface area contributed by atoms with Gasteiger partial charge in [-0.25, -0.2) is 18.7 Å². The van der Waals surface area contributed by atoms with E-state index in [0.29, 0.717) is 16.6 Å². The van der Waals surface area contributed by atoms with Gasteiger partial charge in [-0.1, -0.05) is 24.1 Å². The van der Waals surface area contributed by atoms with Crippen molar-refractivity contribution in [3.63, 3.8) is 0 Å². The Labute approximate surface area is 147 Å². The first-order valence-electron chi connectivity index (χ1n) is 7.78. The van der Waals surface area contributed by atoms with E-state index in [9.17, 15) is 8.78 Å². The molecule has 3 N–H and O–H groups in total. The van der Waals surface area contributed by atoms with Crippen LogP contribution < -0.4 is 5.73 Å². The summed E-state index contributed by atoms with van der Waals surface area (Å²) in [6.07, 6.45) is 1.52. The molecule has 0 saturated heterocycles. The number of nitrogen functional groups attached to an aromatic ring is 1. The topological polar surface area (TPSA) is 67.6 Å². The number of fused-ring (bicyclic) bond motifs is 1. The number of hydrogen-bond donors (Lipinski definition) is 2. The fraction of sp³-hybridized carbons (Fsp3) is 0. The zero-order valence-electron chi connectivity index (χ0n) is 13.4. The second-order valence-electron chi connectivity index (χ2n) is 5.63. The summed E-state index contributed by atoms with van der Waals surface area (Å²) in [4.78, 5) is 11.3. The highest BCUT2D eigenvalue weighted by atomic mass is 19.1. The number of nitrogens with two attached hydrogens (primary N) is 1. The van der Waals surface area contributed by atoms with E-state index in [1.165, 1.54) is 12.3 Å². The van der Waals surface area contributed by atoms with Crippen LogP contribution in [0.2, 0.25) is 0 Å². The number of nitrogens with one attached hydrogen (secondary N) is 1. The first-order chi connectivity index (χ1) is 12.6. The van der Waals surface area contributed by atoms with E-state index in [0.717, 1.165) is 11.6 Å². The van der Waals surface area contributed by atoms with Crippen LogP contribution in [0, 0.1) is 23.5 Å². The summed E-state index contributed by atoms with van der Waals surface area (Å²) in [6.45, 7) is 0. The minimum atomic E-state index is -0.681. The Hall–Kier alpha value is -3.72. The van der Waals surface area contributed by atoms with Gasteiger partial charge in [0.2, 0.25) is 0 Å². The van der Waals surface area contributed by atoms with Crippen LogP contribution in [0.15, 0.2) is 54.7 Å². The Morgan fingerprint density at radius 3 is 2.58 bits per heavy atom. The quantitative estimate of drug-likeness (QED) is 0.514. The van der Waals surface area contributed by atoms with E-state index in [-0.39, 0.29) is 17.2 Å². The number of H-pyrrole nitrogens is 1. The van der Waals surface area contributed by atoms with Gasteiger partial charge in [0.25, 0.3) is 0 Å². The molecule has 0 aliphatic heterocycles. The van der Waals surface area contributed by atoms with Gasteiger partial charge in [-0.05, 0) is 24.1 Å². The third kappa shape index (κ3) is 2.98. The molecule has 0 fully saturated rings. The largest absolute Gasteiger partial charge is 0.384 e. The molecular formula is C20H12F2N4. The van der Waals surface area contributed by atoms with Crippen LogP contribution in [0.1, 0.15) is 11.3 Å². The standard InChI is InChI=1S/C20H12F2N4/c21-13-8-15-16(11-24-19(15)17(22)9-13)20-25-14(10-18(23)26-20)7-6-12-4-2-1-3-5-12/h1-5,8-11,24H,(H2,23,25,26). The van der Waals surface area contributed by atoms with Crippen molar-refractivity contribution < 1.29 is 8.78 Å². The molecule has 4 aromatic rings. The second-order valence-corrected chi connectivity index (χ2v) is 5.63. The molecule has 0 amide bonds. The van der Waals surface area contributed by atoms with Crippen molar-refractivity contribution in [2.24, 2.45) is 0 Å². The lowest BCUT2D eigenvalue weighted by Gasteiger charge is -2.02. The van der Waals surface area contributed by atoms with Gasteiger partial charge in [-0.2, -0.15) is 0 Å². The highest BCUT2D eigenvalue weighted by Gasteiger charge is 2.14. The lowest BCUT2D eigenvalue weighted by molar-refractivity contribution is 0.591. The molecule has 0 aliphatic rings. The van der Waals surface area contributed by atoms with Crippen molar-refractivity contribution in [1.29, 1.82) is 0 Å². The first kappa shape index (κ1) is 15.8. The Kier molecular flexibility index (Phi) is 3.82. The molecule has 126 valence electrons. The van der Waals surface area contributed by atoms with E-state index in [2.05, 4.69) is 26.8 Å². The molecule has 2 heterocycles. The fourth-order valence-electron chi connectivity index (χ4n) is 2.65. The summed E-state index contributed by atoms with van der Waals surface area (Å²) in [5.74, 6) is 5.04. The third-order valence-corrected chi connectivity index (χ3v) is 3.80. The number of hydrogen-bond acceptors (Lipinski definition) is 3. The molecule has 0 saturated carbocycles. The zero-order valence-corrected chi connectivity index (χ0v) is 13.4. The van der Waals surface area contributed by atoms with E-state index < -0.39 is 11.6 Å².